The van der Waals surface area contributed by atoms with Crippen LogP contribution in [-0.2, 0) is 11.2 Å². The van der Waals surface area contributed by atoms with Gasteiger partial charge in [-0.3, -0.25) is 9.69 Å². The van der Waals surface area contributed by atoms with Gasteiger partial charge < -0.3 is 14.4 Å². The predicted molar refractivity (Wildman–Crippen MR) is 116 cm³/mol. The number of hydrogen-bond donors (Lipinski definition) is 1. The topological polar surface area (TPSA) is 78.5 Å². The minimum absolute atomic E-state index is 0.129. The molecule has 0 amide bonds. The minimum atomic E-state index is -0.295. The van der Waals surface area contributed by atoms with Crippen molar-refractivity contribution in [3.8, 4) is 11.8 Å². The molecule has 0 radical (unpaired) electrons. The molecule has 1 aromatic carbocycles. The van der Waals surface area contributed by atoms with Gasteiger partial charge in [0.05, 0.1) is 37.5 Å². The first-order chi connectivity index (χ1) is 15.0. The predicted octanol–water partition coefficient (Wildman–Crippen LogP) is 3.02. The van der Waals surface area contributed by atoms with E-state index < -0.39 is 0 Å². The molecule has 2 unspecified atom stereocenters. The normalized spacial score (nSPS) is 25.5. The van der Waals surface area contributed by atoms with Crippen LogP contribution in [0.1, 0.15) is 53.0 Å². The maximum Gasteiger partial charge on any atom is 0.178 e. The van der Waals surface area contributed by atoms with Crippen molar-refractivity contribution in [2.24, 2.45) is 5.92 Å². The zero-order valence-corrected chi connectivity index (χ0v) is 18.0. The Kier molecular flexibility index (Phi) is 5.43. The van der Waals surface area contributed by atoms with E-state index >= 15 is 0 Å². The van der Waals surface area contributed by atoms with Gasteiger partial charge in [-0.15, -0.1) is 0 Å². The number of Topliss-reactive ketones (excluding diaryl/α,β-unsaturated/α-hetero) is 1. The highest BCUT2D eigenvalue weighted by atomic mass is 16.5. The number of hydrogen-bond acceptors (Lipinski definition) is 5. The number of benzene rings is 1. The highest BCUT2D eigenvalue weighted by Crippen LogP contribution is 2.38. The summed E-state index contributed by atoms with van der Waals surface area (Å²) in [5.41, 5.74) is 4.45. The Hall–Kier alpha value is -2.46. The molecule has 3 aliphatic heterocycles. The number of fused-ring (bicyclic) bond motifs is 2. The Morgan fingerprint density at radius 2 is 2.03 bits per heavy atom. The number of carbonyl (C=O) groups excluding carboxylic acids is 1. The number of nitrogens with zero attached hydrogens (tertiary/aromatic N) is 3. The second-order valence-corrected chi connectivity index (χ2v) is 9.27. The number of carbonyl (C=O) groups is 1. The van der Waals surface area contributed by atoms with E-state index in [1.807, 2.05) is 31.2 Å². The van der Waals surface area contributed by atoms with Crippen LogP contribution in [-0.4, -0.2) is 58.3 Å². The summed E-state index contributed by atoms with van der Waals surface area (Å²) < 4.78 is 7.49. The molecule has 6 heteroatoms. The van der Waals surface area contributed by atoms with E-state index in [1.165, 1.54) is 0 Å². The number of rotatable bonds is 7. The number of ketones is 1. The molecule has 3 atom stereocenters. The third-order valence-corrected chi connectivity index (χ3v) is 7.37. The molecule has 0 spiro atoms. The molecule has 0 saturated carbocycles. The lowest BCUT2D eigenvalue weighted by Crippen LogP contribution is -2.36. The lowest BCUT2D eigenvalue weighted by atomic mass is 9.98. The first-order valence-electron chi connectivity index (χ1n) is 11.3. The van der Waals surface area contributed by atoms with Gasteiger partial charge in [0.25, 0.3) is 0 Å². The summed E-state index contributed by atoms with van der Waals surface area (Å²) in [7, 11) is 0. The van der Waals surface area contributed by atoms with Crippen LogP contribution < -0.4 is 0 Å². The maximum atomic E-state index is 13.4. The maximum absolute atomic E-state index is 13.4. The van der Waals surface area contributed by atoms with Crippen LogP contribution in [0.4, 0.5) is 0 Å². The molecule has 1 aromatic heterocycles. The Morgan fingerprint density at radius 1 is 1.26 bits per heavy atom. The zero-order chi connectivity index (χ0) is 21.5. The van der Waals surface area contributed by atoms with Crippen molar-refractivity contribution in [3.05, 3.63) is 52.8 Å². The summed E-state index contributed by atoms with van der Waals surface area (Å²) in [4.78, 5) is 15.6. The summed E-state index contributed by atoms with van der Waals surface area (Å²) in [5.74, 6) is 0.717. The molecular weight excluding hydrogens is 390 g/mol. The smallest absolute Gasteiger partial charge is 0.178 e. The quantitative estimate of drug-likeness (QED) is 0.698. The van der Waals surface area contributed by atoms with Crippen molar-refractivity contribution in [1.29, 1.82) is 5.26 Å². The number of aliphatic hydroxyl groups excluding tert-OH is 1. The van der Waals surface area contributed by atoms with Crippen LogP contribution in [0.5, 0.6) is 0 Å². The van der Waals surface area contributed by atoms with Gasteiger partial charge in [-0.1, -0.05) is 0 Å². The van der Waals surface area contributed by atoms with Crippen LogP contribution in [0.3, 0.4) is 0 Å². The third-order valence-electron chi connectivity index (χ3n) is 7.37. The molecule has 1 N–H and O–H groups in total. The summed E-state index contributed by atoms with van der Waals surface area (Å²) in [6, 6.07) is 12.2. The highest BCUT2D eigenvalue weighted by Gasteiger charge is 2.46. The first-order valence-corrected chi connectivity index (χ1v) is 11.3. The average molecular weight is 420 g/mol. The van der Waals surface area contributed by atoms with Crippen molar-refractivity contribution in [2.45, 2.75) is 57.2 Å². The summed E-state index contributed by atoms with van der Waals surface area (Å²) in [5, 5.41) is 19.4. The molecule has 3 fully saturated rings. The van der Waals surface area contributed by atoms with Gasteiger partial charge in [-0.25, -0.2) is 0 Å². The van der Waals surface area contributed by atoms with Crippen LogP contribution >= 0.6 is 0 Å². The fourth-order valence-electron chi connectivity index (χ4n) is 5.55. The molecule has 3 aliphatic rings. The van der Waals surface area contributed by atoms with Gasteiger partial charge in [0, 0.05) is 40.6 Å². The Balaban J connectivity index is 1.43. The van der Waals surface area contributed by atoms with Crippen molar-refractivity contribution < 1.29 is 14.6 Å². The number of aliphatic hydroxyl groups is 1. The summed E-state index contributed by atoms with van der Waals surface area (Å²) >= 11 is 0. The van der Waals surface area contributed by atoms with E-state index in [1.54, 1.807) is 0 Å². The van der Waals surface area contributed by atoms with Crippen LogP contribution in [0, 0.1) is 24.2 Å². The Labute approximate surface area is 183 Å². The summed E-state index contributed by atoms with van der Waals surface area (Å²) in [6.45, 7) is 4.03. The standard InChI is InChI=1S/C25H29N3O3/c1-16-22(25(30)13-27-20-8-9-23(27)24(29)11-20)10-21(7-4-18-14-31-15-18)28(16)19-5-2-17(12-26)3-6-19/h2-3,5-6,10,18,20,23-24,29H,4,7-9,11,13-15H2,1H3/t20?,23?,24-/m1/s1. The number of aromatic nitrogens is 1. The SMILES string of the molecule is Cc1c(C(=O)CN2C3CCC2[C@H](O)C3)cc(CCC2COC2)n1-c1ccc(C#N)cc1. The molecule has 6 nitrogen and oxygen atoms in total. The van der Waals surface area contributed by atoms with Gasteiger partial charge in [0.2, 0.25) is 0 Å². The van der Waals surface area contributed by atoms with Gasteiger partial charge in [0.15, 0.2) is 5.78 Å². The van der Waals surface area contributed by atoms with Crippen molar-refractivity contribution in [1.82, 2.24) is 9.47 Å². The second kappa shape index (κ2) is 8.23. The van der Waals surface area contributed by atoms with Gasteiger partial charge in [-0.2, -0.15) is 5.26 Å². The van der Waals surface area contributed by atoms with Gasteiger partial charge in [0.1, 0.15) is 0 Å². The zero-order valence-electron chi connectivity index (χ0n) is 18.0. The van der Waals surface area contributed by atoms with E-state index in [-0.39, 0.29) is 17.9 Å². The fraction of sp³-hybridized carbons (Fsp3) is 0.520. The van der Waals surface area contributed by atoms with E-state index in [0.29, 0.717) is 24.1 Å². The van der Waals surface area contributed by atoms with E-state index in [0.717, 1.165) is 68.0 Å². The molecule has 4 heterocycles. The third kappa shape index (κ3) is 3.71. The highest BCUT2D eigenvalue weighted by molar-refractivity contribution is 5.99. The molecular formula is C25H29N3O3. The average Bonchev–Trinajstić information content (AvgIpc) is 3.37. The molecule has 162 valence electrons. The molecule has 0 aliphatic carbocycles. The van der Waals surface area contributed by atoms with Crippen LogP contribution in [0.25, 0.3) is 5.69 Å². The molecule has 31 heavy (non-hydrogen) atoms. The molecule has 2 bridgehead atoms. The minimum Gasteiger partial charge on any atom is -0.391 e. The Morgan fingerprint density at radius 3 is 2.61 bits per heavy atom. The van der Waals surface area contributed by atoms with Crippen molar-refractivity contribution in [3.63, 3.8) is 0 Å². The van der Waals surface area contributed by atoms with E-state index in [9.17, 15) is 9.90 Å². The fourth-order valence-corrected chi connectivity index (χ4v) is 5.55. The Bertz CT molecular complexity index is 1020. The first kappa shape index (κ1) is 20.4. The number of aryl methyl sites for hydroxylation is 1. The molecule has 3 saturated heterocycles. The van der Waals surface area contributed by atoms with E-state index in [2.05, 4.69) is 21.6 Å². The summed E-state index contributed by atoms with van der Waals surface area (Å²) in [6.07, 6.45) is 4.48. The largest absolute Gasteiger partial charge is 0.391 e. The number of ether oxygens (including phenoxy) is 1. The van der Waals surface area contributed by atoms with Crippen LogP contribution in [0.2, 0.25) is 0 Å². The molecule has 5 rings (SSSR count). The lowest BCUT2D eigenvalue weighted by molar-refractivity contribution is -0.0353. The van der Waals surface area contributed by atoms with E-state index in [4.69, 9.17) is 10.00 Å². The molecule has 2 aromatic rings. The van der Waals surface area contributed by atoms with Crippen LogP contribution in [0.15, 0.2) is 30.3 Å². The van der Waals surface area contributed by atoms with Crippen molar-refractivity contribution >= 4 is 5.78 Å². The van der Waals surface area contributed by atoms with Crippen molar-refractivity contribution in [2.75, 3.05) is 19.8 Å². The number of nitriles is 1. The van der Waals surface area contributed by atoms with Gasteiger partial charge in [-0.05, 0) is 69.4 Å². The lowest BCUT2D eigenvalue weighted by Gasteiger charge is -2.26. The van der Waals surface area contributed by atoms with Gasteiger partial charge >= 0.3 is 0 Å². The monoisotopic (exact) mass is 419 g/mol. The second-order valence-electron chi connectivity index (χ2n) is 9.27.